The minimum Gasteiger partial charge on any atom is -0.493 e. The molecule has 3 aromatic rings. The van der Waals surface area contributed by atoms with E-state index in [9.17, 15) is 8.42 Å². The van der Waals surface area contributed by atoms with Crippen LogP contribution in [0.3, 0.4) is 0 Å². The van der Waals surface area contributed by atoms with Gasteiger partial charge < -0.3 is 10.1 Å². The van der Waals surface area contributed by atoms with E-state index in [1.54, 1.807) is 35.9 Å². The molecular formula is C20H24N6O3S. The highest BCUT2D eigenvalue weighted by atomic mass is 32.2. The molecule has 0 bridgehead atoms. The van der Waals surface area contributed by atoms with E-state index in [1.807, 2.05) is 19.9 Å². The number of hydrogen-bond acceptors (Lipinski definition) is 7. The summed E-state index contributed by atoms with van der Waals surface area (Å²) in [5, 5.41) is 7.60. The lowest BCUT2D eigenvalue weighted by Gasteiger charge is -2.11. The lowest BCUT2D eigenvalue weighted by Crippen LogP contribution is -2.29. The number of rotatable bonds is 7. The highest BCUT2D eigenvalue weighted by Crippen LogP contribution is 2.27. The Balaban J connectivity index is 1.39. The fourth-order valence-electron chi connectivity index (χ4n) is 3.40. The summed E-state index contributed by atoms with van der Waals surface area (Å²) in [6.07, 6.45) is 0.727. The third-order valence-electron chi connectivity index (χ3n) is 4.75. The Morgan fingerprint density at radius 3 is 2.70 bits per heavy atom. The van der Waals surface area contributed by atoms with Crippen molar-refractivity contribution in [1.29, 1.82) is 0 Å². The van der Waals surface area contributed by atoms with Crippen molar-refractivity contribution in [2.45, 2.75) is 32.1 Å². The number of hydrogen-bond donors (Lipinski definition) is 2. The molecule has 10 heteroatoms. The molecule has 3 heterocycles. The molecule has 0 unspecified atom stereocenters. The van der Waals surface area contributed by atoms with Gasteiger partial charge in [0.05, 0.1) is 17.2 Å². The van der Waals surface area contributed by atoms with Crippen LogP contribution in [-0.4, -0.2) is 47.9 Å². The minimum absolute atomic E-state index is 0.216. The van der Waals surface area contributed by atoms with Crippen molar-refractivity contribution in [3.8, 4) is 11.6 Å². The van der Waals surface area contributed by atoms with Crippen LogP contribution >= 0.6 is 0 Å². The average molecular weight is 429 g/mol. The lowest BCUT2D eigenvalue weighted by atomic mass is 10.2. The van der Waals surface area contributed by atoms with Crippen molar-refractivity contribution in [2.75, 3.05) is 25.0 Å². The first-order valence-corrected chi connectivity index (χ1v) is 11.2. The zero-order chi connectivity index (χ0) is 21.3. The Kier molecular flexibility index (Phi) is 5.44. The molecule has 2 aromatic heterocycles. The van der Waals surface area contributed by atoms with Crippen LogP contribution in [0.4, 0.5) is 5.82 Å². The summed E-state index contributed by atoms with van der Waals surface area (Å²) in [4.78, 5) is 9.06. The van der Waals surface area contributed by atoms with Crippen molar-refractivity contribution in [3.63, 3.8) is 0 Å². The van der Waals surface area contributed by atoms with Crippen LogP contribution in [0.1, 0.15) is 22.8 Å². The van der Waals surface area contributed by atoms with E-state index in [1.165, 1.54) is 0 Å². The Morgan fingerprint density at radius 2 is 1.93 bits per heavy atom. The molecule has 0 amide bonds. The molecule has 0 aliphatic carbocycles. The first-order chi connectivity index (χ1) is 14.3. The number of ether oxygens (including phenoxy) is 1. The molecule has 1 aromatic carbocycles. The SMILES string of the molecule is Cc1cc(C)n(-c2cc(NCCNS(=O)(=O)c3ccc4c(c3)CCO4)nc(C)n2)n1. The smallest absolute Gasteiger partial charge is 0.240 e. The van der Waals surface area contributed by atoms with E-state index >= 15 is 0 Å². The molecule has 0 radical (unpaired) electrons. The zero-order valence-electron chi connectivity index (χ0n) is 17.1. The predicted octanol–water partition coefficient (Wildman–Crippen LogP) is 1.91. The zero-order valence-corrected chi connectivity index (χ0v) is 18.0. The van der Waals surface area contributed by atoms with Gasteiger partial charge in [-0.05, 0) is 50.6 Å². The predicted molar refractivity (Wildman–Crippen MR) is 113 cm³/mol. The van der Waals surface area contributed by atoms with Gasteiger partial charge in [-0.2, -0.15) is 5.10 Å². The third kappa shape index (κ3) is 4.29. The Bertz CT molecular complexity index is 1190. The van der Waals surface area contributed by atoms with Gasteiger partial charge in [-0.1, -0.05) is 0 Å². The van der Waals surface area contributed by atoms with E-state index in [0.29, 0.717) is 30.6 Å². The third-order valence-corrected chi connectivity index (χ3v) is 6.20. The second kappa shape index (κ2) is 8.04. The van der Waals surface area contributed by atoms with Gasteiger partial charge in [-0.3, -0.25) is 0 Å². The quantitative estimate of drug-likeness (QED) is 0.553. The van der Waals surface area contributed by atoms with Gasteiger partial charge in [-0.25, -0.2) is 27.8 Å². The highest BCUT2D eigenvalue weighted by Gasteiger charge is 2.19. The van der Waals surface area contributed by atoms with E-state index in [2.05, 4.69) is 25.1 Å². The Hall–Kier alpha value is -2.98. The van der Waals surface area contributed by atoms with Gasteiger partial charge in [0.25, 0.3) is 0 Å². The van der Waals surface area contributed by atoms with Crippen LogP contribution in [0, 0.1) is 20.8 Å². The number of anilines is 1. The molecule has 9 nitrogen and oxygen atoms in total. The Morgan fingerprint density at radius 1 is 1.10 bits per heavy atom. The van der Waals surface area contributed by atoms with Crippen LogP contribution in [0.2, 0.25) is 0 Å². The molecule has 0 spiro atoms. The summed E-state index contributed by atoms with van der Waals surface area (Å²) >= 11 is 0. The molecule has 4 rings (SSSR count). The fourth-order valence-corrected chi connectivity index (χ4v) is 4.48. The summed E-state index contributed by atoms with van der Waals surface area (Å²) in [7, 11) is -3.59. The van der Waals surface area contributed by atoms with Crippen molar-refractivity contribution >= 4 is 15.8 Å². The molecule has 0 fully saturated rings. The van der Waals surface area contributed by atoms with Crippen LogP contribution in [-0.2, 0) is 16.4 Å². The fraction of sp³-hybridized carbons (Fsp3) is 0.350. The van der Waals surface area contributed by atoms with Crippen LogP contribution in [0.15, 0.2) is 35.2 Å². The number of aryl methyl sites for hydroxylation is 3. The summed E-state index contributed by atoms with van der Waals surface area (Å²) in [5.74, 6) is 2.63. The summed E-state index contributed by atoms with van der Waals surface area (Å²) < 4.78 is 34.9. The number of fused-ring (bicyclic) bond motifs is 1. The number of nitrogens with one attached hydrogen (secondary N) is 2. The minimum atomic E-state index is -3.59. The standard InChI is InChI=1S/C20H24N6O3S/c1-13-10-14(2)26(25-13)20-12-19(23-15(3)24-20)21-7-8-22-30(27,28)17-4-5-18-16(11-17)6-9-29-18/h4-5,10-12,22H,6-9H2,1-3H3,(H,21,23,24). The molecular weight excluding hydrogens is 404 g/mol. The topological polar surface area (TPSA) is 111 Å². The van der Waals surface area contributed by atoms with Gasteiger partial charge in [0.1, 0.15) is 17.4 Å². The average Bonchev–Trinajstić information content (AvgIpc) is 3.30. The first kappa shape index (κ1) is 20.3. The van der Waals surface area contributed by atoms with Crippen LogP contribution in [0.5, 0.6) is 5.75 Å². The molecule has 0 saturated heterocycles. The number of nitrogens with zero attached hydrogens (tertiary/aromatic N) is 4. The van der Waals surface area contributed by atoms with Crippen LogP contribution < -0.4 is 14.8 Å². The lowest BCUT2D eigenvalue weighted by molar-refractivity contribution is 0.356. The maximum absolute atomic E-state index is 12.6. The van der Waals surface area contributed by atoms with Crippen molar-refractivity contribution in [1.82, 2.24) is 24.5 Å². The molecule has 1 aliphatic rings. The second-order valence-corrected chi connectivity index (χ2v) is 8.96. The molecule has 30 heavy (non-hydrogen) atoms. The maximum Gasteiger partial charge on any atom is 0.240 e. The van der Waals surface area contributed by atoms with E-state index in [4.69, 9.17) is 4.74 Å². The van der Waals surface area contributed by atoms with Crippen molar-refractivity contribution in [3.05, 3.63) is 53.1 Å². The van der Waals surface area contributed by atoms with Crippen molar-refractivity contribution in [2.24, 2.45) is 0 Å². The monoisotopic (exact) mass is 428 g/mol. The number of benzene rings is 1. The van der Waals surface area contributed by atoms with Gasteiger partial charge in [0.2, 0.25) is 10.0 Å². The normalized spacial score (nSPS) is 13.2. The second-order valence-electron chi connectivity index (χ2n) is 7.19. The van der Waals surface area contributed by atoms with Gasteiger partial charge in [0, 0.05) is 31.3 Å². The van der Waals surface area contributed by atoms with E-state index in [0.717, 1.165) is 29.1 Å². The largest absolute Gasteiger partial charge is 0.493 e. The highest BCUT2D eigenvalue weighted by molar-refractivity contribution is 7.89. The summed E-state index contributed by atoms with van der Waals surface area (Å²) in [6, 6.07) is 8.71. The maximum atomic E-state index is 12.6. The van der Waals surface area contributed by atoms with Gasteiger partial charge in [-0.15, -0.1) is 0 Å². The Labute approximate surface area is 175 Å². The number of aromatic nitrogens is 4. The van der Waals surface area contributed by atoms with Gasteiger partial charge >= 0.3 is 0 Å². The molecule has 1 aliphatic heterocycles. The number of sulfonamides is 1. The molecule has 0 atom stereocenters. The summed E-state index contributed by atoms with van der Waals surface area (Å²) in [5.41, 5.74) is 2.80. The van der Waals surface area contributed by atoms with E-state index in [-0.39, 0.29) is 11.4 Å². The molecule has 2 N–H and O–H groups in total. The summed E-state index contributed by atoms with van der Waals surface area (Å²) in [6.45, 7) is 6.88. The van der Waals surface area contributed by atoms with Gasteiger partial charge in [0.15, 0.2) is 5.82 Å². The van der Waals surface area contributed by atoms with E-state index < -0.39 is 10.0 Å². The molecule has 158 valence electrons. The van der Waals surface area contributed by atoms with Crippen molar-refractivity contribution < 1.29 is 13.2 Å². The molecule has 0 saturated carbocycles. The first-order valence-electron chi connectivity index (χ1n) is 9.70. The van der Waals surface area contributed by atoms with Crippen LogP contribution in [0.25, 0.3) is 5.82 Å².